The number of carboxylic acids is 1. The largest absolute Gasteiger partial charge is 0.478 e. The van der Waals surface area contributed by atoms with Crippen molar-refractivity contribution in [3.8, 4) is 11.3 Å². The van der Waals surface area contributed by atoms with Crippen LogP contribution in [0.25, 0.3) is 22.3 Å². The summed E-state index contributed by atoms with van der Waals surface area (Å²) in [6.07, 6.45) is 0. The molecule has 122 valence electrons. The standard InChI is InChI=1S/C16H12ClN3O3S/c1-2-20-13-12(14(21)19-16(20)24)10(15(22)23)7-11(18-13)8-3-5-9(17)6-4-8/h3-7H,2H2,1H3,(H,22,23)(H,19,21,24). The van der Waals surface area contributed by atoms with Gasteiger partial charge >= 0.3 is 5.97 Å². The highest BCUT2D eigenvalue weighted by Crippen LogP contribution is 2.24. The highest BCUT2D eigenvalue weighted by atomic mass is 35.5. The van der Waals surface area contributed by atoms with Gasteiger partial charge in [-0.05, 0) is 37.3 Å². The van der Waals surface area contributed by atoms with Gasteiger partial charge in [-0.2, -0.15) is 0 Å². The zero-order valence-electron chi connectivity index (χ0n) is 12.5. The van der Waals surface area contributed by atoms with E-state index in [1.54, 1.807) is 28.8 Å². The minimum Gasteiger partial charge on any atom is -0.478 e. The molecule has 0 radical (unpaired) electrons. The van der Waals surface area contributed by atoms with Gasteiger partial charge in [0.2, 0.25) is 0 Å². The predicted octanol–water partition coefficient (Wildman–Crippen LogP) is 3.49. The van der Waals surface area contributed by atoms with Crippen molar-refractivity contribution in [3.63, 3.8) is 0 Å². The lowest BCUT2D eigenvalue weighted by atomic mass is 10.1. The van der Waals surface area contributed by atoms with E-state index < -0.39 is 11.5 Å². The van der Waals surface area contributed by atoms with Crippen LogP contribution in [0.2, 0.25) is 5.02 Å². The molecule has 2 heterocycles. The minimum atomic E-state index is -1.21. The molecule has 0 bridgehead atoms. The van der Waals surface area contributed by atoms with Gasteiger partial charge in [-0.15, -0.1) is 0 Å². The minimum absolute atomic E-state index is 0.00987. The molecule has 2 aromatic heterocycles. The Balaban J connectivity index is 2.46. The number of aromatic amines is 1. The quantitative estimate of drug-likeness (QED) is 0.697. The summed E-state index contributed by atoms with van der Waals surface area (Å²) in [5, 5.41) is 10.1. The van der Waals surface area contributed by atoms with Crippen molar-refractivity contribution in [1.82, 2.24) is 14.5 Å². The van der Waals surface area contributed by atoms with Crippen molar-refractivity contribution in [3.05, 3.63) is 56.0 Å². The fourth-order valence-electron chi connectivity index (χ4n) is 2.50. The third-order valence-electron chi connectivity index (χ3n) is 3.64. The molecular formula is C16H12ClN3O3S. The highest BCUT2D eigenvalue weighted by Gasteiger charge is 2.18. The number of aromatic nitrogens is 3. The fraction of sp³-hybridized carbons (Fsp3) is 0.125. The van der Waals surface area contributed by atoms with Gasteiger partial charge in [0.05, 0.1) is 16.6 Å². The molecule has 3 aromatic rings. The molecular weight excluding hydrogens is 350 g/mol. The van der Waals surface area contributed by atoms with Crippen LogP contribution in [0.5, 0.6) is 0 Å². The summed E-state index contributed by atoms with van der Waals surface area (Å²) in [7, 11) is 0. The summed E-state index contributed by atoms with van der Waals surface area (Å²) in [4.78, 5) is 30.9. The Morgan fingerprint density at radius 2 is 2.04 bits per heavy atom. The Morgan fingerprint density at radius 3 is 2.62 bits per heavy atom. The van der Waals surface area contributed by atoms with Crippen molar-refractivity contribution in [2.24, 2.45) is 0 Å². The number of H-pyrrole nitrogens is 1. The molecule has 1 aromatic carbocycles. The molecule has 0 saturated carbocycles. The summed E-state index contributed by atoms with van der Waals surface area (Å²) >= 11 is 11.0. The number of rotatable bonds is 3. The van der Waals surface area contributed by atoms with E-state index in [0.29, 0.717) is 22.8 Å². The zero-order chi connectivity index (χ0) is 17.4. The summed E-state index contributed by atoms with van der Waals surface area (Å²) in [6.45, 7) is 2.28. The molecule has 0 fully saturated rings. The van der Waals surface area contributed by atoms with Crippen molar-refractivity contribution in [2.75, 3.05) is 0 Å². The molecule has 0 aliphatic rings. The molecule has 6 nitrogen and oxygen atoms in total. The van der Waals surface area contributed by atoms with Crippen LogP contribution in [0.1, 0.15) is 17.3 Å². The van der Waals surface area contributed by atoms with Crippen molar-refractivity contribution < 1.29 is 9.90 Å². The molecule has 0 amide bonds. The number of pyridine rings is 1. The Bertz CT molecular complexity index is 1070. The first-order valence-corrected chi connectivity index (χ1v) is 7.88. The molecule has 0 aliphatic heterocycles. The second-order valence-electron chi connectivity index (χ2n) is 5.07. The number of nitrogens with zero attached hydrogens (tertiary/aromatic N) is 2. The van der Waals surface area contributed by atoms with E-state index in [0.717, 1.165) is 0 Å². The average molecular weight is 362 g/mol. The summed E-state index contributed by atoms with van der Waals surface area (Å²) in [6, 6.07) is 8.23. The van der Waals surface area contributed by atoms with Crippen molar-refractivity contribution >= 4 is 40.8 Å². The van der Waals surface area contributed by atoms with Crippen molar-refractivity contribution in [1.29, 1.82) is 0 Å². The van der Waals surface area contributed by atoms with E-state index in [1.165, 1.54) is 6.07 Å². The van der Waals surface area contributed by atoms with Crippen LogP contribution < -0.4 is 5.56 Å². The van der Waals surface area contributed by atoms with Gasteiger partial charge in [-0.25, -0.2) is 9.78 Å². The smallest absolute Gasteiger partial charge is 0.336 e. The van der Waals surface area contributed by atoms with Gasteiger partial charge in [0.15, 0.2) is 4.77 Å². The maximum absolute atomic E-state index is 12.2. The Morgan fingerprint density at radius 1 is 1.38 bits per heavy atom. The number of halogens is 1. The van der Waals surface area contributed by atoms with Crippen LogP contribution in [-0.2, 0) is 6.54 Å². The van der Waals surface area contributed by atoms with E-state index in [2.05, 4.69) is 9.97 Å². The molecule has 24 heavy (non-hydrogen) atoms. The van der Waals surface area contributed by atoms with Gasteiger partial charge < -0.3 is 9.67 Å². The summed E-state index contributed by atoms with van der Waals surface area (Å²) in [5.74, 6) is -1.21. The normalized spacial score (nSPS) is 10.9. The molecule has 0 saturated heterocycles. The lowest BCUT2D eigenvalue weighted by molar-refractivity contribution is 0.0699. The van der Waals surface area contributed by atoms with Crippen LogP contribution >= 0.6 is 23.8 Å². The predicted molar refractivity (Wildman–Crippen MR) is 94.3 cm³/mol. The zero-order valence-corrected chi connectivity index (χ0v) is 14.1. The van der Waals surface area contributed by atoms with Crippen LogP contribution in [0, 0.1) is 4.77 Å². The number of carbonyl (C=O) groups is 1. The SMILES string of the molecule is CCn1c(=S)[nH]c(=O)c2c(C(=O)O)cc(-c3ccc(Cl)cc3)nc21. The third-order valence-corrected chi connectivity index (χ3v) is 4.21. The molecule has 0 atom stereocenters. The van der Waals surface area contributed by atoms with E-state index >= 15 is 0 Å². The number of aryl methyl sites for hydroxylation is 1. The lowest BCUT2D eigenvalue weighted by Gasteiger charge is -2.11. The number of benzene rings is 1. The fourth-order valence-corrected chi connectivity index (χ4v) is 2.94. The second kappa shape index (κ2) is 6.18. The average Bonchev–Trinajstić information content (AvgIpc) is 2.54. The number of hydrogen-bond donors (Lipinski definition) is 2. The van der Waals surface area contributed by atoms with Crippen molar-refractivity contribution in [2.45, 2.75) is 13.5 Å². The van der Waals surface area contributed by atoms with E-state index in [9.17, 15) is 14.7 Å². The van der Waals surface area contributed by atoms with E-state index in [-0.39, 0.29) is 21.4 Å². The molecule has 0 spiro atoms. The van der Waals surface area contributed by atoms with Crippen LogP contribution in [-0.4, -0.2) is 25.6 Å². The first-order valence-electron chi connectivity index (χ1n) is 7.09. The van der Waals surface area contributed by atoms with Crippen LogP contribution in [0.4, 0.5) is 0 Å². The van der Waals surface area contributed by atoms with Gasteiger partial charge in [0.25, 0.3) is 5.56 Å². The molecule has 0 unspecified atom stereocenters. The Kier molecular flexibility index (Phi) is 4.21. The second-order valence-corrected chi connectivity index (χ2v) is 5.89. The highest BCUT2D eigenvalue weighted by molar-refractivity contribution is 7.71. The number of fused-ring (bicyclic) bond motifs is 1. The van der Waals surface area contributed by atoms with Gasteiger partial charge in [0, 0.05) is 17.1 Å². The number of nitrogens with one attached hydrogen (secondary N) is 1. The first kappa shape index (κ1) is 16.4. The van der Waals surface area contributed by atoms with Gasteiger partial charge in [0.1, 0.15) is 5.65 Å². The molecule has 8 heteroatoms. The molecule has 3 rings (SSSR count). The number of carboxylic acid groups (broad SMARTS) is 1. The summed E-state index contributed by atoms with van der Waals surface area (Å²) in [5.41, 5.74) is 0.683. The molecule has 2 N–H and O–H groups in total. The van der Waals surface area contributed by atoms with E-state index in [1.807, 2.05) is 6.92 Å². The number of aromatic carboxylic acids is 1. The monoisotopic (exact) mass is 361 g/mol. The Labute approximate surface area is 146 Å². The lowest BCUT2D eigenvalue weighted by Crippen LogP contribution is -2.18. The molecule has 0 aliphatic carbocycles. The maximum Gasteiger partial charge on any atom is 0.336 e. The van der Waals surface area contributed by atoms with Gasteiger partial charge in [-0.1, -0.05) is 23.7 Å². The topological polar surface area (TPSA) is 88.0 Å². The number of hydrogen-bond acceptors (Lipinski definition) is 4. The summed E-state index contributed by atoms with van der Waals surface area (Å²) < 4.78 is 1.80. The third kappa shape index (κ3) is 2.72. The maximum atomic E-state index is 12.2. The van der Waals surface area contributed by atoms with Gasteiger partial charge in [-0.3, -0.25) is 9.78 Å². The van der Waals surface area contributed by atoms with Crippen LogP contribution in [0.15, 0.2) is 35.1 Å². The first-order chi connectivity index (χ1) is 11.4. The van der Waals surface area contributed by atoms with Crippen LogP contribution in [0.3, 0.4) is 0 Å². The van der Waals surface area contributed by atoms with E-state index in [4.69, 9.17) is 23.8 Å². The Hall–Kier alpha value is -2.51.